The molecule has 17 heavy (non-hydrogen) atoms. The van der Waals surface area contributed by atoms with Crippen molar-refractivity contribution in [2.75, 3.05) is 0 Å². The highest BCUT2D eigenvalue weighted by atomic mass is 32.1. The molecule has 0 aromatic heterocycles. The summed E-state index contributed by atoms with van der Waals surface area (Å²) in [7, 11) is 0. The van der Waals surface area contributed by atoms with Crippen LogP contribution in [-0.4, -0.2) is 0 Å². The van der Waals surface area contributed by atoms with Gasteiger partial charge in [0.2, 0.25) is 0 Å². The number of benzene rings is 2. The van der Waals surface area contributed by atoms with Gasteiger partial charge in [-0.3, -0.25) is 0 Å². The fraction of sp³-hybridized carbons (Fsp3) is 0.0769. The molecule has 0 fully saturated rings. The van der Waals surface area contributed by atoms with Gasteiger partial charge in [0.05, 0.1) is 0 Å². The standard InChI is InChI=1S/C13H12S4/c14-10-5-1-3-8(12(10)16)7-9-4-2-6-11(15)13(9)17/h1-6,14-17H,7H2. The zero-order valence-corrected chi connectivity index (χ0v) is 12.5. The van der Waals surface area contributed by atoms with Crippen molar-refractivity contribution in [3.05, 3.63) is 47.5 Å². The van der Waals surface area contributed by atoms with E-state index in [1.165, 1.54) is 0 Å². The Balaban J connectivity index is 2.38. The quantitative estimate of drug-likeness (QED) is 0.579. The van der Waals surface area contributed by atoms with E-state index in [4.69, 9.17) is 0 Å². The zero-order chi connectivity index (χ0) is 12.4. The molecule has 0 radical (unpaired) electrons. The van der Waals surface area contributed by atoms with Gasteiger partial charge in [-0.05, 0) is 29.7 Å². The van der Waals surface area contributed by atoms with Crippen molar-refractivity contribution >= 4 is 50.5 Å². The van der Waals surface area contributed by atoms with E-state index >= 15 is 0 Å². The predicted octanol–water partition coefficient (Wildman–Crippen LogP) is 4.43. The molecule has 0 aliphatic heterocycles. The van der Waals surface area contributed by atoms with Crippen LogP contribution in [0.3, 0.4) is 0 Å². The first-order valence-electron chi connectivity index (χ1n) is 5.09. The summed E-state index contributed by atoms with van der Waals surface area (Å²) in [6.45, 7) is 0. The molecule has 0 unspecified atom stereocenters. The zero-order valence-electron chi connectivity index (χ0n) is 8.96. The second-order valence-corrected chi connectivity index (χ2v) is 5.60. The lowest BCUT2D eigenvalue weighted by Crippen LogP contribution is -1.93. The van der Waals surface area contributed by atoms with Crippen molar-refractivity contribution in [1.29, 1.82) is 0 Å². The maximum absolute atomic E-state index is 4.48. The van der Waals surface area contributed by atoms with E-state index in [9.17, 15) is 0 Å². The molecule has 2 rings (SSSR count). The second kappa shape index (κ2) is 5.65. The first-order chi connectivity index (χ1) is 8.09. The average molecular weight is 297 g/mol. The fourth-order valence-corrected chi connectivity index (χ4v) is 2.56. The summed E-state index contributed by atoms with van der Waals surface area (Å²) in [6, 6.07) is 12.0. The molecule has 4 heteroatoms. The highest BCUT2D eigenvalue weighted by molar-refractivity contribution is 7.84. The van der Waals surface area contributed by atoms with Gasteiger partial charge < -0.3 is 0 Å². The Morgan fingerprint density at radius 2 is 1.06 bits per heavy atom. The van der Waals surface area contributed by atoms with E-state index in [1.807, 2.05) is 24.3 Å². The molecule has 0 amide bonds. The van der Waals surface area contributed by atoms with Gasteiger partial charge in [0, 0.05) is 19.6 Å². The lowest BCUT2D eigenvalue weighted by Gasteiger charge is -2.10. The number of hydrogen-bond donors (Lipinski definition) is 4. The first-order valence-corrected chi connectivity index (χ1v) is 6.88. The molecule has 2 aromatic rings. The van der Waals surface area contributed by atoms with Gasteiger partial charge in [0.25, 0.3) is 0 Å². The van der Waals surface area contributed by atoms with Crippen LogP contribution in [0.1, 0.15) is 11.1 Å². The van der Waals surface area contributed by atoms with Crippen LogP contribution >= 0.6 is 50.5 Å². The summed E-state index contributed by atoms with van der Waals surface area (Å²) in [5, 5.41) is 0. The van der Waals surface area contributed by atoms with Gasteiger partial charge in [-0.15, -0.1) is 50.5 Å². The van der Waals surface area contributed by atoms with Crippen molar-refractivity contribution in [1.82, 2.24) is 0 Å². The molecular formula is C13H12S4. The van der Waals surface area contributed by atoms with Crippen molar-refractivity contribution < 1.29 is 0 Å². The van der Waals surface area contributed by atoms with Crippen LogP contribution < -0.4 is 0 Å². The van der Waals surface area contributed by atoms with E-state index in [1.54, 1.807) is 0 Å². The van der Waals surface area contributed by atoms with Crippen molar-refractivity contribution in [3.63, 3.8) is 0 Å². The van der Waals surface area contributed by atoms with Crippen molar-refractivity contribution in [3.8, 4) is 0 Å². The Bertz CT molecular complexity index is 500. The third-order valence-electron chi connectivity index (χ3n) is 2.58. The smallest absolute Gasteiger partial charge is 0.0209 e. The molecule has 88 valence electrons. The van der Waals surface area contributed by atoms with Gasteiger partial charge in [-0.25, -0.2) is 0 Å². The van der Waals surface area contributed by atoms with Gasteiger partial charge >= 0.3 is 0 Å². The summed E-state index contributed by atoms with van der Waals surface area (Å²) in [4.78, 5) is 3.64. The average Bonchev–Trinajstić information content (AvgIpc) is 2.31. The van der Waals surface area contributed by atoms with Crippen LogP contribution in [0, 0.1) is 0 Å². The molecule has 0 aliphatic carbocycles. The van der Waals surface area contributed by atoms with Crippen LogP contribution in [0.5, 0.6) is 0 Å². The Labute approximate surface area is 123 Å². The van der Waals surface area contributed by atoms with E-state index in [0.717, 1.165) is 37.1 Å². The number of thiol groups is 4. The highest BCUT2D eigenvalue weighted by Gasteiger charge is 2.07. The Morgan fingerprint density at radius 3 is 1.47 bits per heavy atom. The summed E-state index contributed by atoms with van der Waals surface area (Å²) in [5.41, 5.74) is 2.30. The van der Waals surface area contributed by atoms with E-state index in [-0.39, 0.29) is 0 Å². The molecule has 0 bridgehead atoms. The molecular weight excluding hydrogens is 284 g/mol. The monoisotopic (exact) mass is 296 g/mol. The summed E-state index contributed by atoms with van der Waals surface area (Å²) in [6.07, 6.45) is 0.792. The Morgan fingerprint density at radius 1 is 0.647 bits per heavy atom. The molecule has 0 N–H and O–H groups in total. The van der Waals surface area contributed by atoms with Crippen molar-refractivity contribution in [2.24, 2.45) is 0 Å². The summed E-state index contributed by atoms with van der Waals surface area (Å²) >= 11 is 17.7. The topological polar surface area (TPSA) is 0 Å². The van der Waals surface area contributed by atoms with Crippen LogP contribution in [0.15, 0.2) is 56.0 Å². The van der Waals surface area contributed by atoms with E-state index in [2.05, 4.69) is 62.6 Å². The minimum atomic E-state index is 0.792. The third kappa shape index (κ3) is 2.99. The highest BCUT2D eigenvalue weighted by Crippen LogP contribution is 2.28. The lowest BCUT2D eigenvalue weighted by molar-refractivity contribution is 1.03. The lowest BCUT2D eigenvalue weighted by atomic mass is 10.0. The van der Waals surface area contributed by atoms with Crippen LogP contribution in [0.25, 0.3) is 0 Å². The summed E-state index contributed by atoms with van der Waals surface area (Å²) in [5.74, 6) is 0. The van der Waals surface area contributed by atoms with Gasteiger partial charge in [0.1, 0.15) is 0 Å². The molecule has 0 aliphatic rings. The third-order valence-corrected chi connectivity index (χ3v) is 4.73. The SMILES string of the molecule is Sc1cccc(Cc2cccc(S)c2S)c1S. The first kappa shape index (κ1) is 13.3. The molecule has 0 saturated carbocycles. The second-order valence-electron chi connectivity index (χ2n) is 3.75. The maximum Gasteiger partial charge on any atom is 0.0209 e. The maximum atomic E-state index is 4.48. The van der Waals surface area contributed by atoms with Crippen molar-refractivity contribution in [2.45, 2.75) is 26.0 Å². The van der Waals surface area contributed by atoms with E-state index in [0.29, 0.717) is 0 Å². The molecule has 0 nitrogen and oxygen atoms in total. The molecule has 2 aromatic carbocycles. The Hall–Kier alpha value is -0.160. The summed E-state index contributed by atoms with van der Waals surface area (Å²) < 4.78 is 0. The minimum Gasteiger partial charge on any atom is -0.142 e. The van der Waals surface area contributed by atoms with Crippen LogP contribution in [0.2, 0.25) is 0 Å². The number of rotatable bonds is 2. The van der Waals surface area contributed by atoms with Gasteiger partial charge in [0.15, 0.2) is 0 Å². The van der Waals surface area contributed by atoms with E-state index < -0.39 is 0 Å². The Kier molecular flexibility index (Phi) is 4.42. The molecule has 0 heterocycles. The largest absolute Gasteiger partial charge is 0.142 e. The molecule has 0 atom stereocenters. The minimum absolute atomic E-state index is 0.792. The molecule has 0 spiro atoms. The fourth-order valence-electron chi connectivity index (χ4n) is 1.65. The predicted molar refractivity (Wildman–Crippen MR) is 84.7 cm³/mol. The van der Waals surface area contributed by atoms with Crippen LogP contribution in [-0.2, 0) is 6.42 Å². The molecule has 0 saturated heterocycles. The normalized spacial score (nSPS) is 10.6. The van der Waals surface area contributed by atoms with Gasteiger partial charge in [-0.1, -0.05) is 24.3 Å². The number of hydrogen-bond acceptors (Lipinski definition) is 4. The van der Waals surface area contributed by atoms with Crippen LogP contribution in [0.4, 0.5) is 0 Å². The van der Waals surface area contributed by atoms with Gasteiger partial charge in [-0.2, -0.15) is 0 Å².